The first kappa shape index (κ1) is 11.5. The van der Waals surface area contributed by atoms with Crippen LogP contribution in [-0.4, -0.2) is 19.8 Å². The summed E-state index contributed by atoms with van der Waals surface area (Å²) in [7, 11) is 1.78. The third kappa shape index (κ3) is 2.76. The van der Waals surface area contributed by atoms with Crippen LogP contribution >= 0.6 is 0 Å². The van der Waals surface area contributed by atoms with Crippen molar-refractivity contribution in [1.29, 1.82) is 0 Å². The fourth-order valence-corrected chi connectivity index (χ4v) is 2.06. The number of ether oxygens (including phenoxy) is 1. The molecule has 0 amide bonds. The van der Waals surface area contributed by atoms with Crippen LogP contribution in [-0.2, 0) is 4.74 Å². The van der Waals surface area contributed by atoms with Crippen LogP contribution in [0.25, 0.3) is 0 Å². The summed E-state index contributed by atoms with van der Waals surface area (Å²) in [6, 6.07) is 7.03. The van der Waals surface area contributed by atoms with Crippen LogP contribution < -0.4 is 5.32 Å². The molecule has 1 N–H and O–H groups in total. The molecule has 2 heteroatoms. The Morgan fingerprint density at radius 3 is 2.75 bits per heavy atom. The van der Waals surface area contributed by atoms with Crippen molar-refractivity contribution in [2.24, 2.45) is 5.92 Å². The molecule has 1 atom stereocenters. The van der Waals surface area contributed by atoms with Crippen molar-refractivity contribution in [2.75, 3.05) is 19.0 Å². The minimum Gasteiger partial charge on any atom is -0.383 e. The molecule has 0 aliphatic heterocycles. The number of methoxy groups -OCH3 is 1. The van der Waals surface area contributed by atoms with Gasteiger partial charge in [-0.25, -0.2) is 0 Å². The van der Waals surface area contributed by atoms with Crippen LogP contribution in [0.4, 0.5) is 5.69 Å². The molecule has 0 bridgehead atoms. The van der Waals surface area contributed by atoms with Crippen LogP contribution in [0.1, 0.15) is 24.0 Å². The van der Waals surface area contributed by atoms with E-state index in [1.807, 2.05) is 0 Å². The number of aryl methyl sites for hydroxylation is 2. The fourth-order valence-electron chi connectivity index (χ4n) is 2.06. The number of benzene rings is 1. The summed E-state index contributed by atoms with van der Waals surface area (Å²) in [6.45, 7) is 5.09. The Labute approximate surface area is 98.0 Å². The Morgan fingerprint density at radius 1 is 1.38 bits per heavy atom. The molecular formula is C14H21NO. The van der Waals surface area contributed by atoms with Gasteiger partial charge in [0, 0.05) is 12.8 Å². The number of hydrogen-bond donors (Lipinski definition) is 1. The average molecular weight is 219 g/mol. The summed E-state index contributed by atoms with van der Waals surface area (Å²) in [5.41, 5.74) is 3.88. The van der Waals surface area contributed by atoms with E-state index >= 15 is 0 Å². The summed E-state index contributed by atoms with van der Waals surface area (Å²) in [5, 5.41) is 3.63. The van der Waals surface area contributed by atoms with Gasteiger partial charge in [-0.05, 0) is 49.8 Å². The number of nitrogens with one attached hydrogen (secondary N) is 1. The van der Waals surface area contributed by atoms with Crippen LogP contribution in [0.15, 0.2) is 18.2 Å². The van der Waals surface area contributed by atoms with Crippen molar-refractivity contribution in [3.63, 3.8) is 0 Å². The van der Waals surface area contributed by atoms with E-state index in [0.717, 1.165) is 12.5 Å². The molecule has 0 saturated heterocycles. The van der Waals surface area contributed by atoms with Crippen LogP contribution in [0, 0.1) is 19.8 Å². The van der Waals surface area contributed by atoms with Gasteiger partial charge in [0.25, 0.3) is 0 Å². The molecule has 0 spiro atoms. The van der Waals surface area contributed by atoms with Crippen LogP contribution in [0.5, 0.6) is 0 Å². The van der Waals surface area contributed by atoms with E-state index < -0.39 is 0 Å². The van der Waals surface area contributed by atoms with Gasteiger partial charge in [-0.3, -0.25) is 0 Å². The second kappa shape index (κ2) is 4.88. The number of rotatable bonds is 5. The van der Waals surface area contributed by atoms with Crippen molar-refractivity contribution < 1.29 is 4.74 Å². The maximum Gasteiger partial charge on any atom is 0.0666 e. The average Bonchev–Trinajstić information content (AvgIpc) is 3.06. The van der Waals surface area contributed by atoms with Gasteiger partial charge in [-0.2, -0.15) is 0 Å². The van der Waals surface area contributed by atoms with Crippen molar-refractivity contribution in [3.8, 4) is 0 Å². The molecule has 1 aromatic carbocycles. The van der Waals surface area contributed by atoms with Crippen LogP contribution in [0.3, 0.4) is 0 Å². The van der Waals surface area contributed by atoms with E-state index in [9.17, 15) is 0 Å². The van der Waals surface area contributed by atoms with Crippen molar-refractivity contribution >= 4 is 5.69 Å². The highest BCUT2D eigenvalue weighted by atomic mass is 16.5. The first-order valence-electron chi connectivity index (χ1n) is 6.03. The third-order valence-corrected chi connectivity index (χ3v) is 3.27. The maximum atomic E-state index is 5.29. The second-order valence-electron chi connectivity index (χ2n) is 4.86. The third-order valence-electron chi connectivity index (χ3n) is 3.27. The van der Waals surface area contributed by atoms with Gasteiger partial charge < -0.3 is 10.1 Å². The Balaban J connectivity index is 2.08. The fraction of sp³-hybridized carbons (Fsp3) is 0.571. The zero-order valence-electron chi connectivity index (χ0n) is 10.4. The highest BCUT2D eigenvalue weighted by molar-refractivity contribution is 5.53. The molecule has 0 heterocycles. The molecule has 1 aromatic rings. The van der Waals surface area contributed by atoms with Crippen molar-refractivity contribution in [3.05, 3.63) is 29.3 Å². The summed E-state index contributed by atoms with van der Waals surface area (Å²) in [5.74, 6) is 0.805. The standard InChI is InChI=1S/C14H21NO/c1-10-4-5-11(2)13(8-10)15-14(9-16-3)12-6-7-12/h4-5,8,12,14-15H,6-7,9H2,1-3H3. The molecular weight excluding hydrogens is 198 g/mol. The molecule has 88 valence electrons. The summed E-state index contributed by atoms with van der Waals surface area (Å²) in [6.07, 6.45) is 2.68. The monoisotopic (exact) mass is 219 g/mol. The molecule has 2 nitrogen and oxygen atoms in total. The SMILES string of the molecule is COCC(Nc1cc(C)ccc1C)C1CC1. The first-order valence-corrected chi connectivity index (χ1v) is 6.03. The van der Waals surface area contributed by atoms with Gasteiger partial charge in [-0.15, -0.1) is 0 Å². The quantitative estimate of drug-likeness (QED) is 0.821. The minimum atomic E-state index is 0.477. The van der Waals surface area contributed by atoms with Crippen LogP contribution in [0.2, 0.25) is 0 Å². The summed E-state index contributed by atoms with van der Waals surface area (Å²) in [4.78, 5) is 0. The highest BCUT2D eigenvalue weighted by Crippen LogP contribution is 2.34. The number of anilines is 1. The van der Waals surface area contributed by atoms with Gasteiger partial charge in [0.1, 0.15) is 0 Å². The Bertz CT molecular complexity index is 358. The predicted molar refractivity (Wildman–Crippen MR) is 67.9 cm³/mol. The van der Waals surface area contributed by atoms with Gasteiger partial charge in [0.15, 0.2) is 0 Å². The Kier molecular flexibility index (Phi) is 3.49. The topological polar surface area (TPSA) is 21.3 Å². The molecule has 16 heavy (non-hydrogen) atoms. The largest absolute Gasteiger partial charge is 0.383 e. The molecule has 0 radical (unpaired) electrons. The smallest absolute Gasteiger partial charge is 0.0666 e. The molecule has 1 aliphatic rings. The molecule has 1 fully saturated rings. The van der Waals surface area contributed by atoms with Gasteiger partial charge in [-0.1, -0.05) is 12.1 Å². The van der Waals surface area contributed by atoms with Crippen molar-refractivity contribution in [2.45, 2.75) is 32.7 Å². The Hall–Kier alpha value is -1.02. The second-order valence-corrected chi connectivity index (χ2v) is 4.86. The van der Waals surface area contributed by atoms with Gasteiger partial charge in [0.05, 0.1) is 12.6 Å². The number of hydrogen-bond acceptors (Lipinski definition) is 2. The minimum absolute atomic E-state index is 0.477. The lowest BCUT2D eigenvalue weighted by molar-refractivity contribution is 0.179. The Morgan fingerprint density at radius 2 is 2.12 bits per heavy atom. The lowest BCUT2D eigenvalue weighted by atomic mass is 10.1. The van der Waals surface area contributed by atoms with E-state index in [2.05, 4.69) is 37.4 Å². The highest BCUT2D eigenvalue weighted by Gasteiger charge is 2.31. The van der Waals surface area contributed by atoms with E-state index in [4.69, 9.17) is 4.74 Å². The van der Waals surface area contributed by atoms with Crippen molar-refractivity contribution in [1.82, 2.24) is 0 Å². The zero-order chi connectivity index (χ0) is 11.5. The molecule has 1 saturated carbocycles. The first-order chi connectivity index (χ1) is 7.70. The summed E-state index contributed by atoms with van der Waals surface area (Å²) >= 11 is 0. The molecule has 2 rings (SSSR count). The summed E-state index contributed by atoms with van der Waals surface area (Å²) < 4.78 is 5.29. The van der Waals surface area contributed by atoms with E-state index in [0.29, 0.717) is 6.04 Å². The molecule has 0 aromatic heterocycles. The molecule has 1 aliphatic carbocycles. The maximum absolute atomic E-state index is 5.29. The van der Waals surface area contributed by atoms with E-state index in [1.54, 1.807) is 7.11 Å². The predicted octanol–water partition coefficient (Wildman–Crippen LogP) is 3.14. The van der Waals surface area contributed by atoms with E-state index in [1.165, 1.54) is 29.7 Å². The van der Waals surface area contributed by atoms with E-state index in [-0.39, 0.29) is 0 Å². The normalized spacial score (nSPS) is 17.2. The van der Waals surface area contributed by atoms with Gasteiger partial charge >= 0.3 is 0 Å². The van der Waals surface area contributed by atoms with Gasteiger partial charge in [0.2, 0.25) is 0 Å². The zero-order valence-corrected chi connectivity index (χ0v) is 10.4. The lowest BCUT2D eigenvalue weighted by Crippen LogP contribution is -2.27. The lowest BCUT2D eigenvalue weighted by Gasteiger charge is -2.20. The molecule has 1 unspecified atom stereocenters.